The van der Waals surface area contributed by atoms with E-state index in [1.807, 2.05) is 0 Å². The van der Waals surface area contributed by atoms with Crippen molar-refractivity contribution in [3.8, 4) is 0 Å². The fraction of sp³-hybridized carbons (Fsp3) is 0. The topological polar surface area (TPSA) is 66.4 Å². The number of benzene rings is 1. The van der Waals surface area contributed by atoms with Gasteiger partial charge in [0.05, 0.1) is 20.8 Å². The molecule has 0 bridgehead atoms. The highest BCUT2D eigenvalue weighted by Gasteiger charge is 2.07. The molecule has 0 aliphatic rings. The molecule has 0 spiro atoms. The lowest BCUT2D eigenvalue weighted by molar-refractivity contribution is -0.131. The summed E-state index contributed by atoms with van der Waals surface area (Å²) in [5.41, 5.74) is 0.251. The number of anilines is 1. The number of amides is 1. The van der Waals surface area contributed by atoms with Gasteiger partial charge >= 0.3 is 5.97 Å². The minimum atomic E-state index is -1.22. The van der Waals surface area contributed by atoms with Crippen molar-refractivity contribution < 1.29 is 14.7 Å². The molecule has 0 fully saturated rings. The normalized spacial score (nSPS) is 10.5. The molecule has 4 nitrogen and oxygen atoms in total. The van der Waals surface area contributed by atoms with Crippen LogP contribution in [0.4, 0.5) is 5.69 Å². The minimum Gasteiger partial charge on any atom is -0.478 e. The zero-order chi connectivity index (χ0) is 13.0. The van der Waals surface area contributed by atoms with E-state index in [-0.39, 0.29) is 20.8 Å². The molecule has 1 rings (SSSR count). The van der Waals surface area contributed by atoms with E-state index in [0.29, 0.717) is 6.08 Å². The summed E-state index contributed by atoms with van der Waals surface area (Å²) >= 11 is 17.3. The Balaban J connectivity index is 2.85. The lowest BCUT2D eigenvalue weighted by Gasteiger charge is -2.06. The number of hydrogen-bond acceptors (Lipinski definition) is 2. The van der Waals surface area contributed by atoms with Crippen molar-refractivity contribution in [3.05, 3.63) is 39.4 Å². The highest BCUT2D eigenvalue weighted by Crippen LogP contribution is 2.32. The van der Waals surface area contributed by atoms with Crippen molar-refractivity contribution in [2.45, 2.75) is 0 Å². The monoisotopic (exact) mass is 293 g/mol. The zero-order valence-corrected chi connectivity index (χ0v) is 10.5. The molecule has 0 radical (unpaired) electrons. The van der Waals surface area contributed by atoms with Crippen molar-refractivity contribution >= 4 is 52.4 Å². The van der Waals surface area contributed by atoms with Crippen molar-refractivity contribution in [3.63, 3.8) is 0 Å². The van der Waals surface area contributed by atoms with E-state index < -0.39 is 11.9 Å². The second-order valence-corrected chi connectivity index (χ2v) is 4.13. The third-order valence-corrected chi connectivity index (χ3v) is 2.68. The number of aliphatic carboxylic acids is 1. The first-order chi connectivity index (χ1) is 7.90. The van der Waals surface area contributed by atoms with Crippen molar-refractivity contribution in [1.29, 1.82) is 0 Å². The number of carboxylic acids is 1. The number of hydrogen-bond donors (Lipinski definition) is 2. The van der Waals surface area contributed by atoms with Gasteiger partial charge in [-0.25, -0.2) is 4.79 Å². The molecule has 0 aromatic heterocycles. The number of carbonyl (C=O) groups is 2. The van der Waals surface area contributed by atoms with Gasteiger partial charge in [-0.15, -0.1) is 0 Å². The van der Waals surface area contributed by atoms with Gasteiger partial charge in [0.1, 0.15) is 0 Å². The average molecular weight is 295 g/mol. The Kier molecular flexibility index (Phi) is 4.81. The van der Waals surface area contributed by atoms with E-state index in [9.17, 15) is 9.59 Å². The van der Waals surface area contributed by atoms with Crippen molar-refractivity contribution in [1.82, 2.24) is 0 Å². The summed E-state index contributed by atoms with van der Waals surface area (Å²) in [6, 6.07) is 2.75. The summed E-state index contributed by atoms with van der Waals surface area (Å²) in [5.74, 6) is -1.85. The molecule has 1 aromatic carbocycles. The first kappa shape index (κ1) is 13.8. The molecule has 0 aliphatic carbocycles. The van der Waals surface area contributed by atoms with Gasteiger partial charge in [-0.3, -0.25) is 4.79 Å². The molecule has 0 atom stereocenters. The number of rotatable bonds is 3. The van der Waals surface area contributed by atoms with E-state index in [4.69, 9.17) is 39.9 Å². The summed E-state index contributed by atoms with van der Waals surface area (Å²) < 4.78 is 0. The fourth-order valence-corrected chi connectivity index (χ4v) is 1.53. The van der Waals surface area contributed by atoms with Crippen LogP contribution >= 0.6 is 34.8 Å². The number of carbonyl (C=O) groups excluding carboxylic acids is 1. The van der Waals surface area contributed by atoms with Gasteiger partial charge in [0.15, 0.2) is 0 Å². The molecule has 1 aromatic rings. The van der Waals surface area contributed by atoms with Gasteiger partial charge in [-0.1, -0.05) is 34.8 Å². The molecular formula is C10H6Cl3NO3. The van der Waals surface area contributed by atoms with Crippen LogP contribution in [0.5, 0.6) is 0 Å². The van der Waals surface area contributed by atoms with E-state index in [1.165, 1.54) is 12.1 Å². The maximum absolute atomic E-state index is 11.3. The Hall–Kier alpha value is -1.23. The summed E-state index contributed by atoms with van der Waals surface area (Å²) in [6.45, 7) is 0. The quantitative estimate of drug-likeness (QED) is 0.664. The highest BCUT2D eigenvalue weighted by molar-refractivity contribution is 6.44. The van der Waals surface area contributed by atoms with Crippen LogP contribution in [0.15, 0.2) is 24.3 Å². The van der Waals surface area contributed by atoms with Crippen LogP contribution in [-0.4, -0.2) is 17.0 Å². The van der Waals surface area contributed by atoms with Crippen molar-refractivity contribution in [2.24, 2.45) is 0 Å². The first-order valence-corrected chi connectivity index (χ1v) is 5.40. The molecule has 0 saturated carbocycles. The van der Waals surface area contributed by atoms with Gasteiger partial charge in [-0.05, 0) is 12.1 Å². The SMILES string of the molecule is O=C(O)C=CC(=O)Nc1cc(Cl)c(Cl)cc1Cl. The molecule has 2 N–H and O–H groups in total. The summed E-state index contributed by atoms with van der Waals surface area (Å²) in [5, 5.41) is 11.4. The zero-order valence-electron chi connectivity index (χ0n) is 8.21. The van der Waals surface area contributed by atoms with Gasteiger partial charge in [0.2, 0.25) is 5.91 Å². The third-order valence-electron chi connectivity index (χ3n) is 1.65. The Morgan fingerprint density at radius 3 is 2.24 bits per heavy atom. The van der Waals surface area contributed by atoms with Gasteiger partial charge < -0.3 is 10.4 Å². The third kappa shape index (κ3) is 4.26. The first-order valence-electron chi connectivity index (χ1n) is 4.26. The van der Waals surface area contributed by atoms with Gasteiger partial charge in [0.25, 0.3) is 0 Å². The maximum Gasteiger partial charge on any atom is 0.328 e. The molecule has 7 heteroatoms. The smallest absolute Gasteiger partial charge is 0.328 e. The van der Waals surface area contributed by atoms with E-state index in [0.717, 1.165) is 6.08 Å². The largest absolute Gasteiger partial charge is 0.478 e. The molecule has 0 saturated heterocycles. The standard InChI is InChI=1S/C10H6Cl3NO3/c11-5-3-7(13)8(4-6(5)12)14-9(15)1-2-10(16)17/h1-4H,(H,14,15)(H,16,17). The molecule has 0 unspecified atom stereocenters. The summed E-state index contributed by atoms with van der Waals surface area (Å²) in [7, 11) is 0. The summed E-state index contributed by atoms with van der Waals surface area (Å²) in [4.78, 5) is 21.5. The van der Waals surface area contributed by atoms with Crippen LogP contribution in [0.1, 0.15) is 0 Å². The maximum atomic E-state index is 11.3. The van der Waals surface area contributed by atoms with Crippen LogP contribution in [0.2, 0.25) is 15.1 Å². The number of nitrogens with one attached hydrogen (secondary N) is 1. The summed E-state index contributed by atoms with van der Waals surface area (Å²) in [6.07, 6.45) is 1.57. The number of halogens is 3. The van der Waals surface area contributed by atoms with E-state index in [2.05, 4.69) is 5.32 Å². The van der Waals surface area contributed by atoms with E-state index in [1.54, 1.807) is 0 Å². The molecule has 0 heterocycles. The molecule has 17 heavy (non-hydrogen) atoms. The van der Waals surface area contributed by atoms with Crippen LogP contribution < -0.4 is 5.32 Å². The van der Waals surface area contributed by atoms with Crippen LogP contribution in [0.25, 0.3) is 0 Å². The lowest BCUT2D eigenvalue weighted by atomic mass is 10.3. The Bertz CT molecular complexity index is 500. The predicted octanol–water partition coefficient (Wildman–Crippen LogP) is 3.23. The fourth-order valence-electron chi connectivity index (χ4n) is 0.940. The Labute approximate surface area is 112 Å². The lowest BCUT2D eigenvalue weighted by Crippen LogP contribution is -2.09. The minimum absolute atomic E-state index is 0.205. The van der Waals surface area contributed by atoms with Gasteiger partial charge in [0, 0.05) is 12.2 Å². The molecule has 90 valence electrons. The van der Waals surface area contributed by atoms with Crippen LogP contribution in [0.3, 0.4) is 0 Å². The predicted molar refractivity (Wildman–Crippen MR) is 66.9 cm³/mol. The average Bonchev–Trinajstić information content (AvgIpc) is 2.23. The Morgan fingerprint density at radius 1 is 1.06 bits per heavy atom. The highest BCUT2D eigenvalue weighted by atomic mass is 35.5. The number of carboxylic acid groups (broad SMARTS) is 1. The molecule has 0 aliphatic heterocycles. The van der Waals surface area contributed by atoms with Crippen molar-refractivity contribution in [2.75, 3.05) is 5.32 Å². The molecular weight excluding hydrogens is 288 g/mol. The van der Waals surface area contributed by atoms with Crippen LogP contribution in [-0.2, 0) is 9.59 Å². The second-order valence-electron chi connectivity index (χ2n) is 2.91. The molecule has 1 amide bonds. The van der Waals surface area contributed by atoms with Gasteiger partial charge in [-0.2, -0.15) is 0 Å². The van der Waals surface area contributed by atoms with Crippen LogP contribution in [0, 0.1) is 0 Å². The second kappa shape index (κ2) is 5.91. The Morgan fingerprint density at radius 2 is 1.65 bits per heavy atom. The van der Waals surface area contributed by atoms with E-state index >= 15 is 0 Å².